The van der Waals surface area contributed by atoms with Crippen molar-refractivity contribution < 1.29 is 32.6 Å². The summed E-state index contributed by atoms with van der Waals surface area (Å²) in [5.74, 6) is -3.93. The third kappa shape index (κ3) is 4.54. The van der Waals surface area contributed by atoms with Crippen LogP contribution in [0, 0.1) is 17.5 Å². The molecule has 0 spiro atoms. The van der Waals surface area contributed by atoms with Gasteiger partial charge in [0.2, 0.25) is 5.91 Å². The lowest BCUT2D eigenvalue weighted by Crippen LogP contribution is -2.58. The van der Waals surface area contributed by atoms with E-state index < -0.39 is 59.0 Å². The van der Waals surface area contributed by atoms with Crippen LogP contribution in [0.5, 0.6) is 0 Å². The fourth-order valence-electron chi connectivity index (χ4n) is 4.58. The van der Waals surface area contributed by atoms with Crippen molar-refractivity contribution in [2.75, 3.05) is 5.32 Å². The Morgan fingerprint density at radius 2 is 1.89 bits per heavy atom. The van der Waals surface area contributed by atoms with Gasteiger partial charge in [-0.3, -0.25) is 14.6 Å². The maximum absolute atomic E-state index is 14.4. The Kier molecular flexibility index (Phi) is 6.42. The van der Waals surface area contributed by atoms with Crippen LogP contribution < -0.4 is 10.6 Å². The largest absolute Gasteiger partial charge is 0.391 e. The second-order valence-corrected chi connectivity index (χ2v) is 8.64. The number of nitrogens with one attached hydrogen (secondary N) is 2. The number of aliphatic hydroxyl groups is 1. The molecular formula is C25H21F3N4O4. The first-order chi connectivity index (χ1) is 17.3. The summed E-state index contributed by atoms with van der Waals surface area (Å²) in [6.45, 7) is 0. The number of benzene rings is 1. The van der Waals surface area contributed by atoms with Crippen LogP contribution >= 0.6 is 0 Å². The molecule has 4 atom stereocenters. The molecule has 0 aliphatic carbocycles. The average molecular weight is 498 g/mol. The zero-order valence-electron chi connectivity index (χ0n) is 18.7. The van der Waals surface area contributed by atoms with Gasteiger partial charge in [-0.25, -0.2) is 18.2 Å². The number of anilines is 1. The average Bonchev–Trinajstić information content (AvgIpc) is 2.85. The monoisotopic (exact) mass is 498 g/mol. The predicted molar refractivity (Wildman–Crippen MR) is 121 cm³/mol. The van der Waals surface area contributed by atoms with Crippen molar-refractivity contribution in [2.45, 2.75) is 43.6 Å². The maximum atomic E-state index is 14.4. The van der Waals surface area contributed by atoms with E-state index in [0.717, 1.165) is 30.3 Å². The number of halogens is 3. The molecule has 4 heterocycles. The third-order valence-electron chi connectivity index (χ3n) is 6.32. The molecule has 0 radical (unpaired) electrons. The van der Waals surface area contributed by atoms with Crippen molar-refractivity contribution in [2.24, 2.45) is 0 Å². The van der Waals surface area contributed by atoms with Gasteiger partial charge in [0.1, 0.15) is 28.8 Å². The highest BCUT2D eigenvalue weighted by molar-refractivity contribution is 6.03. The first-order valence-corrected chi connectivity index (χ1v) is 11.3. The number of rotatable bonds is 4. The highest BCUT2D eigenvalue weighted by Crippen LogP contribution is 2.37. The van der Waals surface area contributed by atoms with Crippen molar-refractivity contribution in [3.05, 3.63) is 77.5 Å². The van der Waals surface area contributed by atoms with Gasteiger partial charge >= 0.3 is 0 Å². The Hall–Kier alpha value is -3.83. The summed E-state index contributed by atoms with van der Waals surface area (Å²) in [6.07, 6.45) is 1.94. The van der Waals surface area contributed by atoms with E-state index in [1.54, 1.807) is 6.07 Å². The molecule has 3 aromatic rings. The number of fused-ring (bicyclic) bond motifs is 1. The van der Waals surface area contributed by atoms with Crippen molar-refractivity contribution >= 4 is 17.5 Å². The summed E-state index contributed by atoms with van der Waals surface area (Å²) < 4.78 is 49.0. The first-order valence-electron chi connectivity index (χ1n) is 11.3. The lowest BCUT2D eigenvalue weighted by atomic mass is 9.87. The van der Waals surface area contributed by atoms with Crippen LogP contribution in [0.3, 0.4) is 0 Å². The normalized spacial score (nSPS) is 23.5. The topological polar surface area (TPSA) is 113 Å². The van der Waals surface area contributed by atoms with Crippen LogP contribution in [0.4, 0.5) is 18.9 Å². The van der Waals surface area contributed by atoms with E-state index in [1.165, 1.54) is 12.4 Å². The molecule has 2 aliphatic rings. The van der Waals surface area contributed by atoms with Crippen LogP contribution in [-0.4, -0.2) is 45.1 Å². The molecule has 5 rings (SSSR count). The Bertz CT molecular complexity index is 1320. The molecule has 0 saturated carbocycles. The SMILES string of the molecule is O=C1CC[C@H]2O[C@@H](c3ccncc3NC(=O)c3ccc(F)c(-c4c(F)cccc4F)n3)C[C@@H](O)[C@@H]2N1. The molecule has 2 fully saturated rings. The molecule has 0 bridgehead atoms. The van der Waals surface area contributed by atoms with E-state index >= 15 is 0 Å². The molecule has 186 valence electrons. The van der Waals surface area contributed by atoms with Gasteiger partial charge in [0.25, 0.3) is 5.91 Å². The maximum Gasteiger partial charge on any atom is 0.274 e. The van der Waals surface area contributed by atoms with Gasteiger partial charge in [0, 0.05) is 24.6 Å². The zero-order chi connectivity index (χ0) is 25.4. The van der Waals surface area contributed by atoms with Gasteiger partial charge in [0.05, 0.1) is 41.8 Å². The Morgan fingerprint density at radius 1 is 1.11 bits per heavy atom. The molecule has 8 nitrogen and oxygen atoms in total. The number of hydrogen-bond donors (Lipinski definition) is 3. The van der Waals surface area contributed by atoms with Crippen molar-refractivity contribution in [1.82, 2.24) is 15.3 Å². The molecule has 2 aliphatic heterocycles. The van der Waals surface area contributed by atoms with E-state index in [9.17, 15) is 27.9 Å². The minimum absolute atomic E-state index is 0.143. The van der Waals surface area contributed by atoms with Crippen molar-refractivity contribution in [3.8, 4) is 11.3 Å². The number of piperidine rings is 1. The number of aliphatic hydroxyl groups excluding tert-OH is 1. The van der Waals surface area contributed by atoms with Crippen molar-refractivity contribution in [1.29, 1.82) is 0 Å². The highest BCUT2D eigenvalue weighted by atomic mass is 19.1. The Balaban J connectivity index is 1.40. The quantitative estimate of drug-likeness (QED) is 0.509. The summed E-state index contributed by atoms with van der Waals surface area (Å²) in [5.41, 5.74) is -0.777. The van der Waals surface area contributed by atoms with Crippen molar-refractivity contribution in [3.63, 3.8) is 0 Å². The van der Waals surface area contributed by atoms with Crippen LogP contribution in [0.1, 0.15) is 41.4 Å². The fraction of sp³-hybridized carbons (Fsp3) is 0.280. The standard InChI is InChI=1S/C25H21F3N4O4/c26-13-2-1-3-14(27)22(13)23-15(28)4-5-16(30-23)25(35)31-17-11-29-9-8-12(17)20-10-18(33)24-19(36-20)6-7-21(34)32-24/h1-5,8-9,11,18-20,24,33H,6-7,10H2,(H,31,35)(H,32,34)/t18-,19-,20-,24+/m1/s1. The van der Waals surface area contributed by atoms with Crippen LogP contribution in [-0.2, 0) is 9.53 Å². The van der Waals surface area contributed by atoms with Crippen LogP contribution in [0.2, 0.25) is 0 Å². The number of ether oxygens (including phenoxy) is 1. The predicted octanol–water partition coefficient (Wildman–Crippen LogP) is 3.28. The molecule has 2 amide bonds. The summed E-state index contributed by atoms with van der Waals surface area (Å²) in [7, 11) is 0. The zero-order valence-corrected chi connectivity index (χ0v) is 18.7. The first kappa shape index (κ1) is 23.9. The molecule has 3 N–H and O–H groups in total. The smallest absolute Gasteiger partial charge is 0.274 e. The summed E-state index contributed by atoms with van der Waals surface area (Å²) >= 11 is 0. The van der Waals surface area contributed by atoms with Gasteiger partial charge in [-0.15, -0.1) is 0 Å². The van der Waals surface area contributed by atoms with Crippen LogP contribution in [0.25, 0.3) is 11.3 Å². The fourth-order valence-corrected chi connectivity index (χ4v) is 4.58. The van der Waals surface area contributed by atoms with E-state index in [1.807, 2.05) is 0 Å². The number of pyridine rings is 2. The minimum atomic E-state index is -1.02. The summed E-state index contributed by atoms with van der Waals surface area (Å²) in [5, 5.41) is 16.0. The van der Waals surface area contributed by atoms with E-state index in [-0.39, 0.29) is 30.1 Å². The Morgan fingerprint density at radius 3 is 2.67 bits per heavy atom. The lowest BCUT2D eigenvalue weighted by molar-refractivity contribution is -0.150. The molecule has 11 heteroatoms. The van der Waals surface area contributed by atoms with Gasteiger partial charge in [-0.05, 0) is 36.8 Å². The van der Waals surface area contributed by atoms with Gasteiger partial charge in [-0.1, -0.05) is 6.07 Å². The molecule has 1 aromatic carbocycles. The summed E-state index contributed by atoms with van der Waals surface area (Å²) in [6, 6.07) is 6.20. The molecule has 0 unspecified atom stereocenters. The second-order valence-electron chi connectivity index (χ2n) is 8.64. The van der Waals surface area contributed by atoms with Gasteiger partial charge in [0.15, 0.2) is 0 Å². The summed E-state index contributed by atoms with van der Waals surface area (Å²) in [4.78, 5) is 32.6. The number of carbonyl (C=O) groups excluding carboxylic acids is 2. The minimum Gasteiger partial charge on any atom is -0.391 e. The number of nitrogens with zero attached hydrogens (tertiary/aromatic N) is 2. The number of amides is 2. The third-order valence-corrected chi connectivity index (χ3v) is 6.32. The van der Waals surface area contributed by atoms with E-state index in [4.69, 9.17) is 4.74 Å². The van der Waals surface area contributed by atoms with Crippen LogP contribution in [0.15, 0.2) is 48.8 Å². The number of aromatic nitrogens is 2. The molecule has 2 aromatic heterocycles. The second kappa shape index (κ2) is 9.67. The van der Waals surface area contributed by atoms with Gasteiger partial charge in [-0.2, -0.15) is 0 Å². The van der Waals surface area contributed by atoms with Gasteiger partial charge < -0.3 is 20.5 Å². The van der Waals surface area contributed by atoms with E-state index in [0.29, 0.717) is 12.0 Å². The Labute approximate surface area is 203 Å². The lowest BCUT2D eigenvalue weighted by Gasteiger charge is -2.43. The molecule has 36 heavy (non-hydrogen) atoms. The van der Waals surface area contributed by atoms with E-state index in [2.05, 4.69) is 20.6 Å². The highest BCUT2D eigenvalue weighted by Gasteiger charge is 2.42. The molecule has 2 saturated heterocycles. The molecular weight excluding hydrogens is 477 g/mol. The number of carbonyl (C=O) groups is 2. The number of hydrogen-bond acceptors (Lipinski definition) is 6.